The lowest BCUT2D eigenvalue weighted by molar-refractivity contribution is -0.261. The van der Waals surface area contributed by atoms with Crippen LogP contribution >= 0.6 is 0 Å². The van der Waals surface area contributed by atoms with Crippen molar-refractivity contribution in [2.24, 2.45) is 0 Å². The number of carbonyl (C=O) groups is 1. The summed E-state index contributed by atoms with van der Waals surface area (Å²) in [5.41, 5.74) is 0. The molecule has 1 aliphatic rings. The van der Waals surface area contributed by atoms with Crippen LogP contribution in [0, 0.1) is 0 Å². The highest BCUT2D eigenvalue weighted by Gasteiger charge is 2.34. The first-order valence-corrected chi connectivity index (χ1v) is 15.7. The molecule has 8 atom stereocenters. The SMILES string of the molecule is CC.CC.CC.CC(OC(=O)CCCCCCCOC1OC(C)[C@H](O)C[C@@H]1O)OC(CO)C(O)[C@@H](O)CO.CCC. The van der Waals surface area contributed by atoms with Crippen LogP contribution in [0.25, 0.3) is 0 Å². The molecular weight excluding hydrogens is 536 g/mol. The highest BCUT2D eigenvalue weighted by atomic mass is 16.7. The second kappa shape index (κ2) is 33.6. The zero-order chi connectivity index (χ0) is 32.8. The van der Waals surface area contributed by atoms with Crippen LogP contribution in [0.1, 0.15) is 121 Å². The van der Waals surface area contributed by atoms with Crippen LogP contribution in [0.3, 0.4) is 0 Å². The van der Waals surface area contributed by atoms with Crippen molar-refractivity contribution >= 4 is 5.97 Å². The molecule has 0 radical (unpaired) electrons. The Kier molecular flexibility index (Phi) is 38.6. The lowest BCUT2D eigenvalue weighted by Crippen LogP contribution is -2.47. The number of carbonyl (C=O) groups excluding carboxylic acids is 1. The molecule has 0 aromatic carbocycles. The maximum atomic E-state index is 11.9. The summed E-state index contributed by atoms with van der Waals surface area (Å²) >= 11 is 0. The van der Waals surface area contributed by atoms with Crippen molar-refractivity contribution in [2.45, 2.75) is 170 Å². The monoisotopic (exact) mass is 602 g/mol. The van der Waals surface area contributed by atoms with Crippen LogP contribution in [0.15, 0.2) is 0 Å². The van der Waals surface area contributed by atoms with E-state index in [0.717, 1.165) is 25.7 Å². The van der Waals surface area contributed by atoms with Crippen molar-refractivity contribution in [1.29, 1.82) is 0 Å². The zero-order valence-electron chi connectivity index (χ0n) is 27.6. The van der Waals surface area contributed by atoms with Gasteiger partial charge in [0.25, 0.3) is 0 Å². The number of aliphatic hydroxyl groups excluding tert-OH is 6. The lowest BCUT2D eigenvalue weighted by Gasteiger charge is -2.35. The summed E-state index contributed by atoms with van der Waals surface area (Å²) in [7, 11) is 0. The van der Waals surface area contributed by atoms with Gasteiger partial charge in [-0.3, -0.25) is 4.79 Å². The van der Waals surface area contributed by atoms with Crippen molar-refractivity contribution < 1.29 is 54.4 Å². The van der Waals surface area contributed by atoms with E-state index in [4.69, 9.17) is 24.1 Å². The third-order valence-corrected chi connectivity index (χ3v) is 5.30. The van der Waals surface area contributed by atoms with Crippen molar-refractivity contribution in [3.8, 4) is 0 Å². The van der Waals surface area contributed by atoms with E-state index in [0.29, 0.717) is 13.0 Å². The number of rotatable bonds is 16. The number of aliphatic hydroxyl groups is 6. The van der Waals surface area contributed by atoms with E-state index in [-0.39, 0.29) is 18.9 Å². The Labute approximate surface area is 250 Å². The Morgan fingerprint density at radius 1 is 0.878 bits per heavy atom. The largest absolute Gasteiger partial charge is 0.436 e. The first-order chi connectivity index (χ1) is 19.6. The van der Waals surface area contributed by atoms with Gasteiger partial charge in [-0.2, -0.15) is 0 Å². The Bertz CT molecular complexity index is 525. The molecule has 0 aliphatic carbocycles. The first kappa shape index (κ1) is 47.1. The van der Waals surface area contributed by atoms with E-state index in [1.165, 1.54) is 13.3 Å². The topological polar surface area (TPSA) is 175 Å². The fourth-order valence-corrected chi connectivity index (χ4v) is 3.30. The predicted molar refractivity (Wildman–Crippen MR) is 161 cm³/mol. The van der Waals surface area contributed by atoms with E-state index in [1.54, 1.807) is 6.92 Å². The summed E-state index contributed by atoms with van der Waals surface area (Å²) in [6, 6.07) is 0. The molecule has 1 saturated heterocycles. The van der Waals surface area contributed by atoms with Gasteiger partial charge in [-0.25, -0.2) is 0 Å². The van der Waals surface area contributed by atoms with Crippen LogP contribution in [0.4, 0.5) is 0 Å². The van der Waals surface area contributed by atoms with Crippen molar-refractivity contribution in [1.82, 2.24) is 0 Å². The van der Waals surface area contributed by atoms with Gasteiger partial charge in [0.2, 0.25) is 6.29 Å². The molecule has 0 aromatic heterocycles. The molecular formula is C30H66O11. The van der Waals surface area contributed by atoms with Crippen LogP contribution < -0.4 is 0 Å². The van der Waals surface area contributed by atoms with Gasteiger partial charge in [0, 0.05) is 19.4 Å². The summed E-state index contributed by atoms with van der Waals surface area (Å²) in [6.45, 7) is 18.6. The molecule has 1 rings (SSSR count). The zero-order valence-corrected chi connectivity index (χ0v) is 27.6. The number of unbranched alkanes of at least 4 members (excludes halogenated alkanes) is 4. The molecule has 5 unspecified atom stereocenters. The predicted octanol–water partition coefficient (Wildman–Crippen LogP) is 3.68. The molecule has 11 heteroatoms. The van der Waals surface area contributed by atoms with Crippen LogP contribution in [0.5, 0.6) is 0 Å². The summed E-state index contributed by atoms with van der Waals surface area (Å²) in [6.07, 6.45) is -2.15. The third kappa shape index (κ3) is 25.3. The maximum Gasteiger partial charge on any atom is 0.308 e. The maximum absolute atomic E-state index is 11.9. The molecule has 6 N–H and O–H groups in total. The fourth-order valence-electron chi connectivity index (χ4n) is 3.30. The average molecular weight is 603 g/mol. The molecule has 0 bridgehead atoms. The molecule has 41 heavy (non-hydrogen) atoms. The van der Waals surface area contributed by atoms with E-state index in [2.05, 4.69) is 13.8 Å². The number of hydrogen-bond acceptors (Lipinski definition) is 11. The fraction of sp³-hybridized carbons (Fsp3) is 0.967. The molecule has 252 valence electrons. The minimum Gasteiger partial charge on any atom is -0.436 e. The average Bonchev–Trinajstić information content (AvgIpc) is 2.98. The van der Waals surface area contributed by atoms with Crippen LogP contribution in [-0.2, 0) is 23.7 Å². The van der Waals surface area contributed by atoms with Crippen LogP contribution in [-0.4, -0.2) is 106 Å². The van der Waals surface area contributed by atoms with Crippen LogP contribution in [0.2, 0.25) is 0 Å². The summed E-state index contributed by atoms with van der Waals surface area (Å²) in [5.74, 6) is -0.477. The molecule has 0 aromatic rings. The third-order valence-electron chi connectivity index (χ3n) is 5.30. The van der Waals surface area contributed by atoms with Gasteiger partial charge in [0.1, 0.15) is 24.4 Å². The Hall–Kier alpha value is -0.890. The summed E-state index contributed by atoms with van der Waals surface area (Å²) in [5, 5.41) is 56.7. The summed E-state index contributed by atoms with van der Waals surface area (Å²) in [4.78, 5) is 11.9. The van der Waals surface area contributed by atoms with Crippen molar-refractivity contribution in [3.05, 3.63) is 0 Å². The number of hydrogen-bond donors (Lipinski definition) is 6. The Balaban J connectivity index is -0.000000682. The van der Waals surface area contributed by atoms with Gasteiger partial charge < -0.3 is 49.6 Å². The standard InChI is InChI=1S/C21H40O11.C3H8.3C2H6/c1-13-15(24)10-16(25)21(30-13)29-9-7-5-3-4-6-8-19(27)32-14(2)31-18(12-23)20(28)17(26)11-22;1-3-2;3*1-2/h13-18,20-26,28H,3-12H2,1-2H3;3H2,1-2H3;3*1-2H3/t13?,14?,15-,16+,17+,18?,20?,21?;;;;/m1..../s1. The molecule has 11 nitrogen and oxygen atoms in total. The van der Waals surface area contributed by atoms with Gasteiger partial charge in [-0.05, 0) is 26.7 Å². The second-order valence-electron chi connectivity index (χ2n) is 8.83. The molecule has 1 heterocycles. The first-order valence-electron chi connectivity index (χ1n) is 15.7. The minimum atomic E-state index is -1.52. The highest BCUT2D eigenvalue weighted by molar-refractivity contribution is 5.69. The van der Waals surface area contributed by atoms with Crippen molar-refractivity contribution in [2.75, 3.05) is 19.8 Å². The molecule has 0 spiro atoms. The summed E-state index contributed by atoms with van der Waals surface area (Å²) < 4.78 is 21.3. The normalized spacial score (nSPS) is 22.3. The van der Waals surface area contributed by atoms with E-state index in [9.17, 15) is 30.3 Å². The number of ether oxygens (including phenoxy) is 4. The van der Waals surface area contributed by atoms with Gasteiger partial charge in [-0.1, -0.05) is 81.1 Å². The minimum absolute atomic E-state index is 0.193. The highest BCUT2D eigenvalue weighted by Crippen LogP contribution is 2.21. The lowest BCUT2D eigenvalue weighted by atomic mass is 10.0. The van der Waals surface area contributed by atoms with E-state index >= 15 is 0 Å². The Morgan fingerprint density at radius 2 is 1.39 bits per heavy atom. The molecule has 0 amide bonds. The second-order valence-corrected chi connectivity index (χ2v) is 8.83. The quantitative estimate of drug-likeness (QED) is 0.0863. The smallest absolute Gasteiger partial charge is 0.308 e. The van der Waals surface area contributed by atoms with Gasteiger partial charge in [-0.15, -0.1) is 0 Å². The van der Waals surface area contributed by atoms with Gasteiger partial charge >= 0.3 is 5.97 Å². The molecule has 1 fully saturated rings. The van der Waals surface area contributed by atoms with E-state index in [1.807, 2.05) is 41.5 Å². The number of esters is 1. The molecule has 1 aliphatic heterocycles. The van der Waals surface area contributed by atoms with Gasteiger partial charge in [0.15, 0.2) is 6.29 Å². The van der Waals surface area contributed by atoms with E-state index < -0.39 is 62.3 Å². The van der Waals surface area contributed by atoms with Gasteiger partial charge in [0.05, 0.1) is 25.4 Å². The Morgan fingerprint density at radius 3 is 1.90 bits per heavy atom. The molecule has 0 saturated carbocycles. The van der Waals surface area contributed by atoms with Crippen molar-refractivity contribution in [3.63, 3.8) is 0 Å².